The van der Waals surface area contributed by atoms with Crippen LogP contribution in [-0.2, 0) is 0 Å². The fourth-order valence-corrected chi connectivity index (χ4v) is 1.46. The van der Waals surface area contributed by atoms with Crippen molar-refractivity contribution in [3.63, 3.8) is 0 Å². The summed E-state index contributed by atoms with van der Waals surface area (Å²) in [5.74, 6) is -1.45. The zero-order valence-corrected chi connectivity index (χ0v) is 9.80. The number of halogens is 3. The predicted octanol–water partition coefficient (Wildman–Crippen LogP) is 2.16. The number of hydrogen-bond donors (Lipinski definition) is 1. The molecule has 0 fully saturated rings. The number of aromatic nitrogens is 3. The van der Waals surface area contributed by atoms with Crippen molar-refractivity contribution in [2.75, 3.05) is 0 Å². The Balaban J connectivity index is 2.22. The molecule has 0 amide bonds. The number of rotatable bonds is 3. The Hall–Kier alpha value is -1.96. The molecule has 0 saturated heterocycles. The van der Waals surface area contributed by atoms with Crippen molar-refractivity contribution in [2.24, 2.45) is 0 Å². The van der Waals surface area contributed by atoms with Crippen LogP contribution >= 0.6 is 0 Å². The van der Waals surface area contributed by atoms with E-state index in [1.165, 1.54) is 19.3 Å². The molecular weight excluding hydrogens is 263 g/mol. The number of aliphatic hydroxyl groups is 1. The van der Waals surface area contributed by atoms with Gasteiger partial charge >= 0.3 is 6.18 Å². The van der Waals surface area contributed by atoms with E-state index in [4.69, 9.17) is 9.63 Å². The van der Waals surface area contributed by atoms with Crippen LogP contribution in [0.4, 0.5) is 13.2 Å². The quantitative estimate of drug-likeness (QED) is 0.927. The third-order valence-corrected chi connectivity index (χ3v) is 2.58. The second kappa shape index (κ2) is 4.96. The van der Waals surface area contributed by atoms with E-state index in [1.54, 1.807) is 12.1 Å². The van der Waals surface area contributed by atoms with Gasteiger partial charge in [0.05, 0.1) is 5.92 Å². The highest BCUT2D eigenvalue weighted by Crippen LogP contribution is 2.31. The Bertz CT molecular complexity index is 542. The van der Waals surface area contributed by atoms with Gasteiger partial charge in [0.15, 0.2) is 6.10 Å². The molecule has 1 N–H and O–H groups in total. The van der Waals surface area contributed by atoms with Crippen LogP contribution in [0.25, 0.3) is 11.4 Å². The Kier molecular flexibility index (Phi) is 3.52. The summed E-state index contributed by atoms with van der Waals surface area (Å²) < 4.78 is 41.9. The molecule has 19 heavy (non-hydrogen) atoms. The van der Waals surface area contributed by atoms with E-state index in [-0.39, 0.29) is 11.7 Å². The van der Waals surface area contributed by atoms with Gasteiger partial charge in [-0.1, -0.05) is 12.1 Å². The maximum absolute atomic E-state index is 12.4. The Labute approximate surface area is 106 Å². The molecule has 0 bridgehead atoms. The van der Waals surface area contributed by atoms with Crippen molar-refractivity contribution in [1.29, 1.82) is 0 Å². The van der Waals surface area contributed by atoms with E-state index >= 15 is 0 Å². The maximum Gasteiger partial charge on any atom is 0.415 e. The van der Waals surface area contributed by atoms with E-state index in [0.717, 1.165) is 0 Å². The molecule has 0 radical (unpaired) electrons. The molecule has 2 rings (SSSR count). The second-order valence-electron chi connectivity index (χ2n) is 3.97. The van der Waals surface area contributed by atoms with Gasteiger partial charge in [0, 0.05) is 18.0 Å². The van der Waals surface area contributed by atoms with Gasteiger partial charge in [-0.3, -0.25) is 4.98 Å². The number of nitrogens with zero attached hydrogens (tertiary/aromatic N) is 3. The van der Waals surface area contributed by atoms with Crippen LogP contribution in [0, 0.1) is 0 Å². The first-order chi connectivity index (χ1) is 8.89. The van der Waals surface area contributed by atoms with Crippen LogP contribution in [0.2, 0.25) is 0 Å². The lowest BCUT2D eigenvalue weighted by Gasteiger charge is -2.17. The van der Waals surface area contributed by atoms with Crippen LogP contribution < -0.4 is 0 Å². The molecule has 0 aliphatic rings. The first-order valence-electron chi connectivity index (χ1n) is 5.38. The Morgan fingerprint density at radius 1 is 1.26 bits per heavy atom. The maximum atomic E-state index is 12.4. The SMILES string of the molecule is CC(c1nc(-c2ccncc2)no1)C(O)C(F)(F)F. The van der Waals surface area contributed by atoms with Crippen LogP contribution in [0.5, 0.6) is 0 Å². The highest BCUT2D eigenvalue weighted by atomic mass is 19.4. The zero-order chi connectivity index (χ0) is 14.0. The minimum Gasteiger partial charge on any atom is -0.383 e. The summed E-state index contributed by atoms with van der Waals surface area (Å²) in [6, 6.07) is 3.19. The average Bonchev–Trinajstić information content (AvgIpc) is 2.86. The van der Waals surface area contributed by atoms with E-state index in [0.29, 0.717) is 5.56 Å². The molecule has 0 aromatic carbocycles. The molecule has 0 saturated carbocycles. The normalized spacial score (nSPS) is 15.2. The molecular formula is C11H10F3N3O2. The smallest absolute Gasteiger partial charge is 0.383 e. The fraction of sp³-hybridized carbons (Fsp3) is 0.364. The lowest BCUT2D eigenvalue weighted by molar-refractivity contribution is -0.210. The van der Waals surface area contributed by atoms with Crippen molar-refractivity contribution in [3.8, 4) is 11.4 Å². The van der Waals surface area contributed by atoms with E-state index in [9.17, 15) is 13.2 Å². The van der Waals surface area contributed by atoms with Gasteiger partial charge in [0.2, 0.25) is 11.7 Å². The molecule has 8 heteroatoms. The summed E-state index contributed by atoms with van der Waals surface area (Å²) in [7, 11) is 0. The van der Waals surface area contributed by atoms with Crippen molar-refractivity contribution in [1.82, 2.24) is 15.1 Å². The average molecular weight is 273 g/mol. The summed E-state index contributed by atoms with van der Waals surface area (Å²) >= 11 is 0. The fourth-order valence-electron chi connectivity index (χ4n) is 1.46. The van der Waals surface area contributed by atoms with Crippen LogP contribution in [0.1, 0.15) is 18.7 Å². The highest BCUT2D eigenvalue weighted by Gasteiger charge is 2.44. The van der Waals surface area contributed by atoms with Gasteiger partial charge in [-0.05, 0) is 12.1 Å². The van der Waals surface area contributed by atoms with Gasteiger partial charge in [-0.25, -0.2) is 0 Å². The van der Waals surface area contributed by atoms with Gasteiger partial charge in [0.1, 0.15) is 0 Å². The molecule has 0 spiro atoms. The highest BCUT2D eigenvalue weighted by molar-refractivity contribution is 5.52. The van der Waals surface area contributed by atoms with Crippen LogP contribution in [0.3, 0.4) is 0 Å². The van der Waals surface area contributed by atoms with Crippen molar-refractivity contribution in [2.45, 2.75) is 25.1 Å². The predicted molar refractivity (Wildman–Crippen MR) is 58.0 cm³/mol. The van der Waals surface area contributed by atoms with Crippen LogP contribution in [0.15, 0.2) is 29.0 Å². The largest absolute Gasteiger partial charge is 0.415 e. The lowest BCUT2D eigenvalue weighted by Crippen LogP contribution is -2.33. The molecule has 5 nitrogen and oxygen atoms in total. The molecule has 0 aliphatic carbocycles. The first-order valence-corrected chi connectivity index (χ1v) is 5.38. The van der Waals surface area contributed by atoms with Crippen molar-refractivity contribution in [3.05, 3.63) is 30.4 Å². The van der Waals surface area contributed by atoms with E-state index in [2.05, 4.69) is 15.1 Å². The molecule has 2 unspecified atom stereocenters. The number of pyridine rings is 1. The van der Waals surface area contributed by atoms with Crippen molar-refractivity contribution >= 4 is 0 Å². The summed E-state index contributed by atoms with van der Waals surface area (Å²) in [6.45, 7) is 1.17. The monoisotopic (exact) mass is 273 g/mol. The van der Waals surface area contributed by atoms with Gasteiger partial charge in [0.25, 0.3) is 0 Å². The summed E-state index contributed by atoms with van der Waals surface area (Å²) in [6.07, 6.45) is -4.28. The molecule has 0 aliphatic heterocycles. The minimum atomic E-state index is -4.73. The molecule has 2 aromatic heterocycles. The topological polar surface area (TPSA) is 72.0 Å². The van der Waals surface area contributed by atoms with Gasteiger partial charge in [-0.2, -0.15) is 18.2 Å². The standard InChI is InChI=1S/C11H10F3N3O2/c1-6(8(18)11(12,13)14)10-16-9(17-19-10)7-2-4-15-5-3-7/h2-6,8,18H,1H3. The Morgan fingerprint density at radius 3 is 2.47 bits per heavy atom. The molecule has 2 atom stereocenters. The Morgan fingerprint density at radius 2 is 1.89 bits per heavy atom. The number of hydrogen-bond acceptors (Lipinski definition) is 5. The van der Waals surface area contributed by atoms with E-state index in [1.807, 2.05) is 0 Å². The van der Waals surface area contributed by atoms with Crippen molar-refractivity contribution < 1.29 is 22.8 Å². The second-order valence-corrected chi connectivity index (χ2v) is 3.97. The third-order valence-electron chi connectivity index (χ3n) is 2.58. The van der Waals surface area contributed by atoms with Gasteiger partial charge in [-0.15, -0.1) is 0 Å². The lowest BCUT2D eigenvalue weighted by atomic mass is 10.0. The summed E-state index contributed by atoms with van der Waals surface area (Å²) in [5, 5.41) is 12.7. The summed E-state index contributed by atoms with van der Waals surface area (Å²) in [5.41, 5.74) is 0.568. The van der Waals surface area contributed by atoms with E-state index < -0.39 is 18.2 Å². The summed E-state index contributed by atoms with van der Waals surface area (Å²) in [4.78, 5) is 7.65. The molecule has 102 valence electrons. The minimum absolute atomic E-state index is 0.152. The first kappa shape index (κ1) is 13.5. The van der Waals surface area contributed by atoms with Gasteiger partial charge < -0.3 is 9.63 Å². The molecule has 2 aromatic rings. The van der Waals surface area contributed by atoms with Crippen LogP contribution in [-0.4, -0.2) is 32.5 Å². The third kappa shape index (κ3) is 2.90. The zero-order valence-electron chi connectivity index (χ0n) is 9.80. The molecule has 2 heterocycles. The number of alkyl halides is 3. The number of aliphatic hydroxyl groups excluding tert-OH is 1.